The fraction of sp³-hybridized carbons (Fsp3) is 0.296. The van der Waals surface area contributed by atoms with E-state index in [4.69, 9.17) is 11.6 Å². The van der Waals surface area contributed by atoms with Gasteiger partial charge in [-0.3, -0.25) is 14.5 Å². The maximum Gasteiger partial charge on any atom is 0.275 e. The molecule has 6 rings (SSSR count). The summed E-state index contributed by atoms with van der Waals surface area (Å²) >= 11 is 5.80. The van der Waals surface area contributed by atoms with Gasteiger partial charge in [0.05, 0.1) is 47.1 Å². The summed E-state index contributed by atoms with van der Waals surface area (Å²) in [5.41, 5.74) is -0.511. The lowest BCUT2D eigenvalue weighted by atomic mass is 10.0. The third-order valence-electron chi connectivity index (χ3n) is 7.42. The zero-order valence-electron chi connectivity index (χ0n) is 21.4. The molecule has 4 heterocycles. The van der Waals surface area contributed by atoms with E-state index in [1.807, 2.05) is 11.8 Å². The zero-order valence-corrected chi connectivity index (χ0v) is 22.2. The number of nitrogens with one attached hydrogen (secondary N) is 1. The SMILES string of the molecule is C[C@@H](c1cnc(N2C[C@@H]3C[C@@H]3[C@@H]2C#N)nc1)n1cc(NC(=O)c2cncc(-c3c(C(F)F)ccc(Cl)c3F)n2)cn1. The highest BCUT2D eigenvalue weighted by Crippen LogP contribution is 2.50. The number of fused-ring (bicyclic) bond motifs is 1. The van der Waals surface area contributed by atoms with Gasteiger partial charge in [-0.1, -0.05) is 17.7 Å². The highest BCUT2D eigenvalue weighted by molar-refractivity contribution is 6.31. The molecule has 1 N–H and O–H groups in total. The molecule has 2 fully saturated rings. The van der Waals surface area contributed by atoms with E-state index >= 15 is 0 Å². The molecule has 208 valence electrons. The summed E-state index contributed by atoms with van der Waals surface area (Å²) in [6.45, 7) is 2.67. The van der Waals surface area contributed by atoms with Crippen molar-refractivity contribution in [1.82, 2.24) is 29.7 Å². The van der Waals surface area contributed by atoms with E-state index in [1.54, 1.807) is 23.3 Å². The molecular formula is C27H21ClF3N9O. The van der Waals surface area contributed by atoms with Crippen molar-refractivity contribution >= 4 is 29.1 Å². The first-order chi connectivity index (χ1) is 19.7. The Morgan fingerprint density at radius 3 is 2.71 bits per heavy atom. The molecule has 0 bridgehead atoms. The number of rotatable bonds is 7. The topological polar surface area (TPSA) is 126 Å². The van der Waals surface area contributed by atoms with Gasteiger partial charge in [0.2, 0.25) is 5.95 Å². The van der Waals surface area contributed by atoms with Crippen LogP contribution in [-0.4, -0.2) is 48.2 Å². The summed E-state index contributed by atoms with van der Waals surface area (Å²) in [6.07, 6.45) is 6.71. The van der Waals surface area contributed by atoms with Gasteiger partial charge < -0.3 is 10.2 Å². The lowest BCUT2D eigenvalue weighted by Gasteiger charge is -2.22. The van der Waals surface area contributed by atoms with Gasteiger partial charge >= 0.3 is 0 Å². The van der Waals surface area contributed by atoms with Gasteiger partial charge in [-0.15, -0.1) is 0 Å². The first-order valence-corrected chi connectivity index (χ1v) is 13.0. The molecule has 1 saturated carbocycles. The number of alkyl halides is 2. The number of nitrogens with zero attached hydrogens (tertiary/aromatic N) is 8. The first-order valence-electron chi connectivity index (χ1n) is 12.7. The molecule has 1 saturated heterocycles. The van der Waals surface area contributed by atoms with Crippen molar-refractivity contribution in [2.24, 2.45) is 11.8 Å². The number of carbonyl (C=O) groups is 1. The average Bonchev–Trinajstić information content (AvgIpc) is 3.41. The Hall–Kier alpha value is -4.57. The number of piperidine rings is 1. The van der Waals surface area contributed by atoms with E-state index < -0.39 is 29.3 Å². The van der Waals surface area contributed by atoms with E-state index in [2.05, 4.69) is 36.4 Å². The monoisotopic (exact) mass is 579 g/mol. The number of hydrogen-bond donors (Lipinski definition) is 1. The second-order valence-electron chi connectivity index (χ2n) is 9.96. The molecule has 3 aromatic heterocycles. The summed E-state index contributed by atoms with van der Waals surface area (Å²) in [5, 5.41) is 16.1. The van der Waals surface area contributed by atoms with Crippen LogP contribution in [0.15, 0.2) is 49.3 Å². The van der Waals surface area contributed by atoms with E-state index in [0.29, 0.717) is 23.5 Å². The largest absolute Gasteiger partial charge is 0.324 e. The van der Waals surface area contributed by atoms with Crippen molar-refractivity contribution < 1.29 is 18.0 Å². The van der Waals surface area contributed by atoms with Gasteiger partial charge in [0.1, 0.15) is 11.7 Å². The molecule has 0 radical (unpaired) electrons. The van der Waals surface area contributed by atoms with Gasteiger partial charge in [-0.2, -0.15) is 10.4 Å². The number of hydrogen-bond acceptors (Lipinski definition) is 8. The molecule has 1 aromatic carbocycles. The number of anilines is 2. The van der Waals surface area contributed by atoms with Gasteiger partial charge in [-0.25, -0.2) is 28.1 Å². The number of halogens is 4. The van der Waals surface area contributed by atoms with Crippen LogP contribution >= 0.6 is 11.6 Å². The van der Waals surface area contributed by atoms with Gasteiger partial charge in [0, 0.05) is 41.8 Å². The molecule has 1 amide bonds. The lowest BCUT2D eigenvalue weighted by molar-refractivity contribution is 0.102. The number of carbonyl (C=O) groups excluding carboxylic acids is 1. The van der Waals surface area contributed by atoms with Crippen LogP contribution in [0.5, 0.6) is 0 Å². The molecule has 0 unspecified atom stereocenters. The number of amides is 1. The zero-order chi connectivity index (χ0) is 28.8. The summed E-state index contributed by atoms with van der Waals surface area (Å²) in [5.74, 6) is -0.307. The van der Waals surface area contributed by atoms with Crippen LogP contribution in [0, 0.1) is 29.0 Å². The van der Waals surface area contributed by atoms with Crippen molar-refractivity contribution in [2.45, 2.75) is 31.9 Å². The Morgan fingerprint density at radius 1 is 1.20 bits per heavy atom. The quantitative estimate of drug-likeness (QED) is 0.322. The fourth-order valence-electron chi connectivity index (χ4n) is 5.10. The molecular weight excluding hydrogens is 559 g/mol. The summed E-state index contributed by atoms with van der Waals surface area (Å²) in [6, 6.07) is 3.92. The second kappa shape index (κ2) is 10.4. The standard InChI is InChI=1S/C27H21ClF3N9O/c1-13(15-6-34-27(35-7-15)39-11-14-4-18(14)22(39)5-32)40-12-16(8-36-40)37-26(41)21-10-33-9-20(38-21)23-17(25(30)31)2-3-19(28)24(23)29/h2-3,6-10,12-14,18,22,25H,4,11H2,1H3,(H,37,41)/t13-,14-,18-,22-/m0/s1. The molecule has 4 aromatic rings. The van der Waals surface area contributed by atoms with E-state index in [-0.39, 0.29) is 28.5 Å². The van der Waals surface area contributed by atoms with E-state index in [1.165, 1.54) is 6.20 Å². The van der Waals surface area contributed by atoms with Crippen LogP contribution in [-0.2, 0) is 0 Å². The molecule has 2 aliphatic rings. The van der Waals surface area contributed by atoms with Crippen LogP contribution in [0.1, 0.15) is 47.4 Å². The van der Waals surface area contributed by atoms with E-state index in [0.717, 1.165) is 43.1 Å². The summed E-state index contributed by atoms with van der Waals surface area (Å²) in [7, 11) is 0. The summed E-state index contributed by atoms with van der Waals surface area (Å²) in [4.78, 5) is 31.7. The van der Waals surface area contributed by atoms with E-state index in [9.17, 15) is 23.2 Å². The summed E-state index contributed by atoms with van der Waals surface area (Å²) < 4.78 is 43.4. The van der Waals surface area contributed by atoms with Crippen molar-refractivity contribution in [2.75, 3.05) is 16.8 Å². The van der Waals surface area contributed by atoms with Crippen molar-refractivity contribution in [3.63, 3.8) is 0 Å². The fourth-order valence-corrected chi connectivity index (χ4v) is 5.26. The van der Waals surface area contributed by atoms with Gasteiger partial charge in [0.25, 0.3) is 12.3 Å². The van der Waals surface area contributed by atoms with Crippen molar-refractivity contribution in [3.8, 4) is 17.3 Å². The average molecular weight is 580 g/mol. The number of benzene rings is 1. The Kier molecular flexibility index (Phi) is 6.78. The normalized spacial score (nSPS) is 20.0. The highest BCUT2D eigenvalue weighted by Gasteiger charge is 2.53. The third-order valence-corrected chi connectivity index (χ3v) is 7.71. The molecule has 4 atom stereocenters. The molecule has 41 heavy (non-hydrogen) atoms. The van der Waals surface area contributed by atoms with Gasteiger partial charge in [0.15, 0.2) is 5.82 Å². The molecule has 10 nitrogen and oxygen atoms in total. The van der Waals surface area contributed by atoms with Crippen molar-refractivity contribution in [3.05, 3.63) is 77.0 Å². The Balaban J connectivity index is 1.16. The van der Waals surface area contributed by atoms with Crippen LogP contribution in [0.4, 0.5) is 24.8 Å². The predicted molar refractivity (Wildman–Crippen MR) is 142 cm³/mol. The maximum absolute atomic E-state index is 14.7. The second-order valence-corrected chi connectivity index (χ2v) is 10.4. The smallest absolute Gasteiger partial charge is 0.275 e. The maximum atomic E-state index is 14.7. The van der Waals surface area contributed by atoms with Crippen LogP contribution in [0.2, 0.25) is 5.02 Å². The van der Waals surface area contributed by atoms with Crippen LogP contribution < -0.4 is 10.2 Å². The third kappa shape index (κ3) is 4.95. The van der Waals surface area contributed by atoms with Crippen molar-refractivity contribution in [1.29, 1.82) is 5.26 Å². The first kappa shape index (κ1) is 26.6. The minimum absolute atomic E-state index is 0.193. The molecule has 0 spiro atoms. The van der Waals surface area contributed by atoms with Crippen LogP contribution in [0.25, 0.3) is 11.3 Å². The molecule has 14 heteroatoms. The van der Waals surface area contributed by atoms with Crippen LogP contribution in [0.3, 0.4) is 0 Å². The Labute approximate surface area is 236 Å². The molecule has 1 aliphatic carbocycles. The number of aromatic nitrogens is 6. The predicted octanol–water partition coefficient (Wildman–Crippen LogP) is 5.07. The Bertz CT molecular complexity index is 1670. The number of nitriles is 1. The minimum Gasteiger partial charge on any atom is -0.324 e. The minimum atomic E-state index is -2.99. The Morgan fingerprint density at radius 2 is 1.98 bits per heavy atom. The lowest BCUT2D eigenvalue weighted by Crippen LogP contribution is -2.33. The van der Waals surface area contributed by atoms with Gasteiger partial charge in [-0.05, 0) is 31.2 Å². The molecule has 1 aliphatic heterocycles. The highest BCUT2D eigenvalue weighted by atomic mass is 35.5.